The highest BCUT2D eigenvalue weighted by Crippen LogP contribution is 2.37. The van der Waals surface area contributed by atoms with Crippen LogP contribution in [0.25, 0.3) is 16.8 Å². The van der Waals surface area contributed by atoms with E-state index in [4.69, 9.17) is 19.2 Å². The van der Waals surface area contributed by atoms with E-state index in [9.17, 15) is 0 Å². The van der Waals surface area contributed by atoms with Crippen molar-refractivity contribution in [2.24, 2.45) is 0 Å². The van der Waals surface area contributed by atoms with Gasteiger partial charge in [-0.2, -0.15) is 5.10 Å². The molecule has 0 radical (unpaired) electrons. The first-order valence-corrected chi connectivity index (χ1v) is 10.4. The molecule has 150 valence electrons. The lowest BCUT2D eigenvalue weighted by molar-refractivity contribution is -0.0370. The van der Waals surface area contributed by atoms with Crippen molar-refractivity contribution >= 4 is 22.6 Å². The summed E-state index contributed by atoms with van der Waals surface area (Å²) in [5.74, 6) is 1.64. The normalized spacial score (nSPS) is 27.3. The molecule has 3 aliphatic heterocycles. The lowest BCUT2D eigenvalue weighted by Gasteiger charge is -2.36. The SMILES string of the molecule is C=C(OCC)c1cc(N2C3CCC2COC3)nc2c1cnn2C1CCCCO1. The van der Waals surface area contributed by atoms with Gasteiger partial charge in [-0.15, -0.1) is 0 Å². The van der Waals surface area contributed by atoms with Crippen LogP contribution in [0.3, 0.4) is 0 Å². The fourth-order valence-electron chi connectivity index (χ4n) is 4.75. The Morgan fingerprint density at radius 1 is 1.25 bits per heavy atom. The Hall–Kier alpha value is -2.12. The standard InChI is InChI=1S/C21H28N4O3/c1-3-27-14(2)17-10-19(24-15-7-8-16(24)13-26-12-15)23-21-18(17)11-22-25(21)20-6-4-5-9-28-20/h10-11,15-16,20H,2-9,12-13H2,1H3. The smallest absolute Gasteiger partial charge is 0.163 e. The zero-order chi connectivity index (χ0) is 19.1. The molecule has 2 aromatic heterocycles. The van der Waals surface area contributed by atoms with E-state index in [2.05, 4.69) is 22.6 Å². The molecule has 0 aliphatic carbocycles. The molecular formula is C21H28N4O3. The molecule has 3 saturated heterocycles. The van der Waals surface area contributed by atoms with Gasteiger partial charge in [0.2, 0.25) is 0 Å². The fraction of sp³-hybridized carbons (Fsp3) is 0.619. The van der Waals surface area contributed by atoms with E-state index in [0.29, 0.717) is 24.4 Å². The van der Waals surface area contributed by atoms with Crippen LogP contribution in [0.2, 0.25) is 0 Å². The van der Waals surface area contributed by atoms with Crippen LogP contribution in [-0.4, -0.2) is 53.3 Å². The van der Waals surface area contributed by atoms with E-state index >= 15 is 0 Å². The average molecular weight is 384 g/mol. The minimum atomic E-state index is -0.0522. The van der Waals surface area contributed by atoms with Crippen molar-refractivity contribution < 1.29 is 14.2 Å². The van der Waals surface area contributed by atoms with Gasteiger partial charge < -0.3 is 19.1 Å². The molecule has 0 amide bonds. The lowest BCUT2D eigenvalue weighted by atomic mass is 10.1. The van der Waals surface area contributed by atoms with E-state index in [1.807, 2.05) is 17.8 Å². The van der Waals surface area contributed by atoms with Crippen LogP contribution >= 0.6 is 0 Å². The van der Waals surface area contributed by atoms with Crippen LogP contribution in [-0.2, 0) is 14.2 Å². The molecule has 3 fully saturated rings. The second-order valence-corrected chi connectivity index (χ2v) is 7.86. The number of morpholine rings is 1. The van der Waals surface area contributed by atoms with Gasteiger partial charge in [-0.3, -0.25) is 0 Å². The zero-order valence-electron chi connectivity index (χ0n) is 16.5. The molecule has 7 heteroatoms. The minimum absolute atomic E-state index is 0.0522. The molecule has 0 aromatic carbocycles. The molecule has 5 heterocycles. The monoisotopic (exact) mass is 384 g/mol. The molecule has 3 unspecified atom stereocenters. The third kappa shape index (κ3) is 2.97. The Morgan fingerprint density at radius 2 is 2.07 bits per heavy atom. The van der Waals surface area contributed by atoms with Crippen molar-refractivity contribution in [2.75, 3.05) is 31.3 Å². The Morgan fingerprint density at radius 3 is 2.79 bits per heavy atom. The molecule has 2 aromatic rings. The maximum atomic E-state index is 5.99. The van der Waals surface area contributed by atoms with Gasteiger partial charge in [-0.25, -0.2) is 9.67 Å². The summed E-state index contributed by atoms with van der Waals surface area (Å²) >= 11 is 0. The minimum Gasteiger partial charge on any atom is -0.494 e. The van der Waals surface area contributed by atoms with Crippen molar-refractivity contribution in [2.45, 2.75) is 57.3 Å². The molecule has 28 heavy (non-hydrogen) atoms. The van der Waals surface area contributed by atoms with E-state index in [0.717, 1.165) is 74.3 Å². The summed E-state index contributed by atoms with van der Waals surface area (Å²) in [4.78, 5) is 7.51. The quantitative estimate of drug-likeness (QED) is 0.735. The van der Waals surface area contributed by atoms with Crippen LogP contribution in [0.5, 0.6) is 0 Å². The highest BCUT2D eigenvalue weighted by Gasteiger charge is 2.38. The molecule has 3 aliphatic rings. The van der Waals surface area contributed by atoms with Gasteiger partial charge in [0.1, 0.15) is 11.6 Å². The van der Waals surface area contributed by atoms with E-state index < -0.39 is 0 Å². The second kappa shape index (κ2) is 7.37. The highest BCUT2D eigenvalue weighted by molar-refractivity contribution is 5.89. The number of nitrogens with zero attached hydrogens (tertiary/aromatic N) is 4. The molecular weight excluding hydrogens is 356 g/mol. The molecule has 0 saturated carbocycles. The summed E-state index contributed by atoms with van der Waals surface area (Å²) in [6.45, 7) is 9.04. The van der Waals surface area contributed by atoms with Gasteiger partial charge in [0.05, 0.1) is 43.5 Å². The Kier molecular flexibility index (Phi) is 4.72. The van der Waals surface area contributed by atoms with E-state index in [1.54, 1.807) is 0 Å². The van der Waals surface area contributed by atoms with Crippen LogP contribution in [0, 0.1) is 0 Å². The maximum Gasteiger partial charge on any atom is 0.163 e. The topological polar surface area (TPSA) is 61.6 Å². The first-order valence-electron chi connectivity index (χ1n) is 10.4. The van der Waals surface area contributed by atoms with Gasteiger partial charge in [0.25, 0.3) is 0 Å². The summed E-state index contributed by atoms with van der Waals surface area (Å²) in [5.41, 5.74) is 1.82. The molecule has 3 atom stereocenters. The predicted molar refractivity (Wildman–Crippen MR) is 107 cm³/mol. The molecule has 5 rings (SSSR count). The third-order valence-electron chi connectivity index (χ3n) is 6.11. The number of pyridine rings is 1. The van der Waals surface area contributed by atoms with Crippen LogP contribution in [0.15, 0.2) is 18.8 Å². The van der Waals surface area contributed by atoms with Crippen molar-refractivity contribution in [3.63, 3.8) is 0 Å². The number of rotatable bonds is 5. The molecule has 0 spiro atoms. The number of aromatic nitrogens is 3. The number of ether oxygens (including phenoxy) is 3. The molecule has 7 nitrogen and oxygen atoms in total. The summed E-state index contributed by atoms with van der Waals surface area (Å²) < 4.78 is 19.5. The van der Waals surface area contributed by atoms with Crippen molar-refractivity contribution in [1.82, 2.24) is 14.8 Å². The Bertz CT molecular complexity index is 858. The average Bonchev–Trinajstić information content (AvgIpc) is 3.26. The zero-order valence-corrected chi connectivity index (χ0v) is 16.5. The fourth-order valence-corrected chi connectivity index (χ4v) is 4.75. The number of hydrogen-bond acceptors (Lipinski definition) is 6. The van der Waals surface area contributed by atoms with Gasteiger partial charge >= 0.3 is 0 Å². The van der Waals surface area contributed by atoms with E-state index in [1.165, 1.54) is 0 Å². The van der Waals surface area contributed by atoms with Gasteiger partial charge in [0.15, 0.2) is 11.9 Å². The third-order valence-corrected chi connectivity index (χ3v) is 6.11. The van der Waals surface area contributed by atoms with Gasteiger partial charge in [-0.05, 0) is 45.1 Å². The summed E-state index contributed by atoms with van der Waals surface area (Å²) in [6.07, 6.45) is 7.35. The number of anilines is 1. The van der Waals surface area contributed by atoms with Crippen molar-refractivity contribution in [3.05, 3.63) is 24.4 Å². The largest absolute Gasteiger partial charge is 0.494 e. The van der Waals surface area contributed by atoms with E-state index in [-0.39, 0.29) is 6.23 Å². The van der Waals surface area contributed by atoms with Crippen LogP contribution in [0.1, 0.15) is 50.8 Å². The molecule has 2 bridgehead atoms. The Balaban J connectivity index is 1.62. The maximum absolute atomic E-state index is 5.99. The first-order chi connectivity index (χ1) is 13.8. The number of fused-ring (bicyclic) bond motifs is 3. The van der Waals surface area contributed by atoms with Crippen LogP contribution < -0.4 is 4.90 Å². The summed E-state index contributed by atoms with van der Waals surface area (Å²) in [7, 11) is 0. The first kappa shape index (κ1) is 17.9. The predicted octanol–water partition coefficient (Wildman–Crippen LogP) is 3.51. The second-order valence-electron chi connectivity index (χ2n) is 7.86. The van der Waals surface area contributed by atoms with Gasteiger partial charge in [-0.1, -0.05) is 6.58 Å². The van der Waals surface area contributed by atoms with Crippen molar-refractivity contribution in [3.8, 4) is 0 Å². The Labute approximate surface area is 165 Å². The summed E-state index contributed by atoms with van der Waals surface area (Å²) in [6, 6.07) is 2.89. The highest BCUT2D eigenvalue weighted by atomic mass is 16.5. The van der Waals surface area contributed by atoms with Crippen LogP contribution in [0.4, 0.5) is 5.82 Å². The lowest BCUT2D eigenvalue weighted by Crippen LogP contribution is -2.46. The summed E-state index contributed by atoms with van der Waals surface area (Å²) in [5, 5.41) is 5.62. The van der Waals surface area contributed by atoms with Crippen molar-refractivity contribution in [1.29, 1.82) is 0 Å². The van der Waals surface area contributed by atoms with Gasteiger partial charge in [0, 0.05) is 12.2 Å². The molecule has 0 N–H and O–H groups in total. The number of hydrogen-bond donors (Lipinski definition) is 0.